The number of primary sulfonamides is 1. The summed E-state index contributed by atoms with van der Waals surface area (Å²) in [6, 6.07) is 9.60. The number of nitrogens with one attached hydrogen (secondary N) is 1. The predicted octanol–water partition coefficient (Wildman–Crippen LogP) is 2.30. The summed E-state index contributed by atoms with van der Waals surface area (Å²) >= 11 is 0. The molecule has 1 saturated heterocycles. The number of hydrogen-bond donors (Lipinski definition) is 2. The van der Waals surface area contributed by atoms with Crippen LogP contribution in [0.2, 0.25) is 0 Å². The SMILES string of the molecule is Cc1ccc(S(=O)(=O)N2CCC(C(=O)Nc3ccc(C)c(S(N)(=O)=O)c3)CC2)cc1C. The third kappa shape index (κ3) is 5.15. The summed E-state index contributed by atoms with van der Waals surface area (Å²) < 4.78 is 50.7. The minimum atomic E-state index is -3.90. The lowest BCUT2D eigenvalue weighted by Crippen LogP contribution is -2.41. The van der Waals surface area contributed by atoms with Crippen molar-refractivity contribution < 1.29 is 21.6 Å². The van der Waals surface area contributed by atoms with Gasteiger partial charge in [0.05, 0.1) is 9.79 Å². The highest BCUT2D eigenvalue weighted by molar-refractivity contribution is 7.89. The lowest BCUT2D eigenvalue weighted by atomic mass is 9.97. The summed E-state index contributed by atoms with van der Waals surface area (Å²) in [6.07, 6.45) is 0.758. The second-order valence-electron chi connectivity index (χ2n) is 7.94. The van der Waals surface area contributed by atoms with Gasteiger partial charge in [0.25, 0.3) is 0 Å². The number of carbonyl (C=O) groups excluding carboxylic acids is 1. The Hall–Kier alpha value is -2.27. The van der Waals surface area contributed by atoms with E-state index in [9.17, 15) is 21.6 Å². The lowest BCUT2D eigenvalue weighted by molar-refractivity contribution is -0.120. The van der Waals surface area contributed by atoms with E-state index in [1.165, 1.54) is 10.4 Å². The van der Waals surface area contributed by atoms with Gasteiger partial charge in [-0.05, 0) is 74.6 Å². The first-order valence-electron chi connectivity index (χ1n) is 9.91. The van der Waals surface area contributed by atoms with Gasteiger partial charge in [-0.1, -0.05) is 12.1 Å². The van der Waals surface area contributed by atoms with E-state index in [2.05, 4.69) is 5.32 Å². The monoisotopic (exact) mass is 465 g/mol. The maximum Gasteiger partial charge on any atom is 0.243 e. The lowest BCUT2D eigenvalue weighted by Gasteiger charge is -2.30. The quantitative estimate of drug-likeness (QED) is 0.701. The van der Waals surface area contributed by atoms with Crippen molar-refractivity contribution in [1.82, 2.24) is 4.31 Å². The predicted molar refractivity (Wildman–Crippen MR) is 119 cm³/mol. The van der Waals surface area contributed by atoms with E-state index in [4.69, 9.17) is 5.14 Å². The summed E-state index contributed by atoms with van der Waals surface area (Å²) in [5.74, 6) is -0.641. The number of carbonyl (C=O) groups is 1. The van der Waals surface area contributed by atoms with Gasteiger partial charge in [-0.3, -0.25) is 4.79 Å². The van der Waals surface area contributed by atoms with E-state index in [1.807, 2.05) is 13.8 Å². The van der Waals surface area contributed by atoms with Crippen molar-refractivity contribution in [2.75, 3.05) is 18.4 Å². The van der Waals surface area contributed by atoms with E-state index >= 15 is 0 Å². The van der Waals surface area contributed by atoms with Crippen molar-refractivity contribution in [1.29, 1.82) is 0 Å². The molecule has 0 radical (unpaired) electrons. The molecule has 2 aromatic carbocycles. The van der Waals surface area contributed by atoms with E-state index in [1.54, 1.807) is 37.3 Å². The van der Waals surface area contributed by atoms with E-state index in [0.717, 1.165) is 11.1 Å². The van der Waals surface area contributed by atoms with Gasteiger partial charge < -0.3 is 5.32 Å². The highest BCUT2D eigenvalue weighted by Crippen LogP contribution is 2.26. The number of aryl methyl sites for hydroxylation is 3. The van der Waals surface area contributed by atoms with Crippen LogP contribution in [-0.2, 0) is 24.8 Å². The van der Waals surface area contributed by atoms with Crippen LogP contribution in [0.4, 0.5) is 5.69 Å². The number of amides is 1. The van der Waals surface area contributed by atoms with Crippen molar-refractivity contribution >= 4 is 31.6 Å². The minimum absolute atomic E-state index is 0.0420. The van der Waals surface area contributed by atoms with Crippen molar-refractivity contribution in [3.05, 3.63) is 53.1 Å². The Morgan fingerprint density at radius 2 is 1.55 bits per heavy atom. The molecule has 3 N–H and O–H groups in total. The fourth-order valence-corrected chi connectivity index (χ4v) is 5.97. The molecule has 0 saturated carbocycles. The summed E-state index contributed by atoms with van der Waals surface area (Å²) in [4.78, 5) is 12.9. The molecule has 0 aromatic heterocycles. The molecular formula is C21H27N3O5S2. The molecule has 0 spiro atoms. The first-order valence-corrected chi connectivity index (χ1v) is 12.9. The first kappa shape index (κ1) is 23.4. The largest absolute Gasteiger partial charge is 0.326 e. The number of nitrogens with zero attached hydrogens (tertiary/aromatic N) is 1. The number of benzene rings is 2. The number of sulfonamides is 2. The Kier molecular flexibility index (Phi) is 6.56. The van der Waals surface area contributed by atoms with Gasteiger partial charge in [0.2, 0.25) is 26.0 Å². The van der Waals surface area contributed by atoms with Crippen LogP contribution in [0, 0.1) is 26.7 Å². The van der Waals surface area contributed by atoms with Crippen LogP contribution in [-0.4, -0.2) is 40.1 Å². The van der Waals surface area contributed by atoms with Crippen molar-refractivity contribution in [3.63, 3.8) is 0 Å². The second kappa shape index (κ2) is 8.70. The van der Waals surface area contributed by atoms with Crippen LogP contribution < -0.4 is 10.5 Å². The Morgan fingerprint density at radius 1 is 0.935 bits per heavy atom. The van der Waals surface area contributed by atoms with E-state index < -0.39 is 20.0 Å². The molecule has 0 atom stereocenters. The zero-order valence-electron chi connectivity index (χ0n) is 17.8. The topological polar surface area (TPSA) is 127 Å². The molecule has 8 nitrogen and oxygen atoms in total. The number of anilines is 1. The molecule has 31 heavy (non-hydrogen) atoms. The van der Waals surface area contributed by atoms with Crippen molar-refractivity contribution in [2.24, 2.45) is 11.1 Å². The Morgan fingerprint density at radius 3 is 2.13 bits per heavy atom. The molecule has 0 unspecified atom stereocenters. The van der Waals surface area contributed by atoms with Gasteiger partial charge >= 0.3 is 0 Å². The van der Waals surface area contributed by atoms with Gasteiger partial charge in [0.1, 0.15) is 0 Å². The molecule has 1 amide bonds. The molecule has 1 aliphatic heterocycles. The molecule has 1 fully saturated rings. The summed E-state index contributed by atoms with van der Waals surface area (Å²) in [7, 11) is -7.51. The van der Waals surface area contributed by atoms with Gasteiger partial charge in [0.15, 0.2) is 0 Å². The fourth-order valence-electron chi connectivity index (χ4n) is 3.61. The Bertz CT molecular complexity index is 1220. The fraction of sp³-hybridized carbons (Fsp3) is 0.381. The normalized spacial score (nSPS) is 16.3. The maximum atomic E-state index is 12.9. The van der Waals surface area contributed by atoms with Crippen LogP contribution in [0.1, 0.15) is 29.5 Å². The molecule has 10 heteroatoms. The molecule has 1 heterocycles. The first-order chi connectivity index (χ1) is 14.4. The highest BCUT2D eigenvalue weighted by atomic mass is 32.2. The van der Waals surface area contributed by atoms with Crippen LogP contribution in [0.3, 0.4) is 0 Å². The zero-order valence-corrected chi connectivity index (χ0v) is 19.4. The van der Waals surface area contributed by atoms with Gasteiger partial charge in [-0.2, -0.15) is 4.31 Å². The third-order valence-corrected chi connectivity index (χ3v) is 8.65. The number of nitrogens with two attached hydrogens (primary N) is 1. The molecule has 1 aliphatic rings. The number of rotatable bonds is 5. The number of piperidine rings is 1. The van der Waals surface area contributed by atoms with E-state index in [0.29, 0.717) is 24.1 Å². The van der Waals surface area contributed by atoms with Gasteiger partial charge in [-0.25, -0.2) is 22.0 Å². The molecule has 0 aliphatic carbocycles. The number of hydrogen-bond acceptors (Lipinski definition) is 5. The van der Waals surface area contributed by atoms with Crippen LogP contribution in [0.15, 0.2) is 46.2 Å². The molecule has 168 valence electrons. The highest BCUT2D eigenvalue weighted by Gasteiger charge is 2.32. The summed E-state index contributed by atoms with van der Waals surface area (Å²) in [5.41, 5.74) is 2.76. The average Bonchev–Trinajstić information content (AvgIpc) is 2.70. The summed E-state index contributed by atoms with van der Waals surface area (Å²) in [6.45, 7) is 5.90. The minimum Gasteiger partial charge on any atom is -0.326 e. The van der Waals surface area contributed by atoms with Gasteiger partial charge in [-0.15, -0.1) is 0 Å². The van der Waals surface area contributed by atoms with Crippen LogP contribution in [0.25, 0.3) is 0 Å². The zero-order chi connectivity index (χ0) is 23.0. The molecule has 0 bridgehead atoms. The van der Waals surface area contributed by atoms with Crippen molar-refractivity contribution in [2.45, 2.75) is 43.4 Å². The second-order valence-corrected chi connectivity index (χ2v) is 11.4. The third-order valence-electron chi connectivity index (χ3n) is 5.70. The smallest absolute Gasteiger partial charge is 0.243 e. The Balaban J connectivity index is 1.67. The molecule has 3 rings (SSSR count). The summed E-state index contributed by atoms with van der Waals surface area (Å²) in [5, 5.41) is 7.94. The van der Waals surface area contributed by atoms with E-state index in [-0.39, 0.29) is 34.7 Å². The molecule has 2 aromatic rings. The standard InChI is InChI=1S/C21H27N3O5S2/c1-14-5-7-19(12-16(14)3)31(28,29)24-10-8-17(9-11-24)21(25)23-18-6-4-15(2)20(13-18)30(22,26)27/h4-7,12-13,17H,8-11H2,1-3H3,(H,23,25)(H2,22,26,27). The maximum absolute atomic E-state index is 12.9. The van der Waals surface area contributed by atoms with Crippen molar-refractivity contribution in [3.8, 4) is 0 Å². The average molecular weight is 466 g/mol. The Labute approximate surface area is 183 Å². The molecular weight excluding hydrogens is 438 g/mol. The van der Waals surface area contributed by atoms with Crippen LogP contribution in [0.5, 0.6) is 0 Å². The van der Waals surface area contributed by atoms with Gasteiger partial charge in [0, 0.05) is 24.7 Å². The van der Waals surface area contributed by atoms with Crippen LogP contribution >= 0.6 is 0 Å².